The molecule has 3 aromatic rings. The Bertz CT molecular complexity index is 1050. The van der Waals surface area contributed by atoms with E-state index in [1.54, 1.807) is 55.7 Å². The summed E-state index contributed by atoms with van der Waals surface area (Å²) in [4.78, 5) is 33.2. The maximum Gasteiger partial charge on any atom is 0.254 e. The van der Waals surface area contributed by atoms with E-state index in [-0.39, 0.29) is 18.0 Å². The molecular formula is C19H15N5O2. The summed E-state index contributed by atoms with van der Waals surface area (Å²) in [6, 6.07) is 13.4. The molecule has 7 heteroatoms. The molecule has 0 unspecified atom stereocenters. The quantitative estimate of drug-likeness (QED) is 0.780. The molecule has 26 heavy (non-hydrogen) atoms. The number of pyridine rings is 1. The van der Waals surface area contributed by atoms with E-state index in [2.05, 4.69) is 15.3 Å². The summed E-state index contributed by atoms with van der Waals surface area (Å²) in [5.74, 6) is 0.0153. The summed E-state index contributed by atoms with van der Waals surface area (Å²) in [6.07, 6.45) is 3.20. The first kappa shape index (κ1) is 17.0. The molecule has 2 aromatic heterocycles. The number of aryl methyl sites for hydroxylation is 1. The van der Waals surface area contributed by atoms with E-state index in [1.165, 1.54) is 10.6 Å². The molecule has 0 atom stereocenters. The van der Waals surface area contributed by atoms with Gasteiger partial charge in [0.1, 0.15) is 12.4 Å². The van der Waals surface area contributed by atoms with Crippen molar-refractivity contribution < 1.29 is 4.79 Å². The van der Waals surface area contributed by atoms with E-state index in [1.807, 2.05) is 6.07 Å². The van der Waals surface area contributed by atoms with Crippen LogP contribution in [0.5, 0.6) is 0 Å². The minimum Gasteiger partial charge on any atom is -0.324 e. The normalized spacial score (nSPS) is 10.2. The van der Waals surface area contributed by atoms with Crippen LogP contribution in [0.1, 0.15) is 11.3 Å². The van der Waals surface area contributed by atoms with Crippen LogP contribution in [0.3, 0.4) is 0 Å². The highest BCUT2D eigenvalue weighted by atomic mass is 16.2. The van der Waals surface area contributed by atoms with E-state index < -0.39 is 0 Å². The van der Waals surface area contributed by atoms with E-state index in [0.717, 1.165) is 0 Å². The smallest absolute Gasteiger partial charge is 0.254 e. The summed E-state index contributed by atoms with van der Waals surface area (Å²) in [5, 5.41) is 11.6. The second-order valence-electron chi connectivity index (χ2n) is 5.62. The third-order valence-corrected chi connectivity index (χ3v) is 3.65. The van der Waals surface area contributed by atoms with Gasteiger partial charge in [0, 0.05) is 35.4 Å². The number of benzene rings is 1. The van der Waals surface area contributed by atoms with Crippen molar-refractivity contribution in [3.8, 4) is 17.5 Å². The molecule has 0 radical (unpaired) electrons. The van der Waals surface area contributed by atoms with Gasteiger partial charge in [0.25, 0.3) is 5.56 Å². The van der Waals surface area contributed by atoms with Gasteiger partial charge >= 0.3 is 0 Å². The van der Waals surface area contributed by atoms with Gasteiger partial charge in [-0.25, -0.2) is 4.98 Å². The Morgan fingerprint density at radius 1 is 1.23 bits per heavy atom. The van der Waals surface area contributed by atoms with Gasteiger partial charge in [0.2, 0.25) is 5.91 Å². The van der Waals surface area contributed by atoms with Crippen LogP contribution in [0.15, 0.2) is 59.7 Å². The highest BCUT2D eigenvalue weighted by Gasteiger charge is 2.13. The lowest BCUT2D eigenvalue weighted by molar-refractivity contribution is -0.116. The Morgan fingerprint density at radius 2 is 2.00 bits per heavy atom. The lowest BCUT2D eigenvalue weighted by Gasteiger charge is -2.13. The number of carbonyl (C=O) groups is 1. The summed E-state index contributed by atoms with van der Waals surface area (Å²) in [5.41, 5.74) is 1.88. The van der Waals surface area contributed by atoms with Gasteiger partial charge in [-0.3, -0.25) is 19.1 Å². The van der Waals surface area contributed by atoms with Crippen molar-refractivity contribution in [1.29, 1.82) is 5.26 Å². The third-order valence-electron chi connectivity index (χ3n) is 3.65. The minimum atomic E-state index is -0.386. The van der Waals surface area contributed by atoms with Crippen molar-refractivity contribution in [2.45, 2.75) is 13.5 Å². The van der Waals surface area contributed by atoms with Crippen LogP contribution >= 0.6 is 0 Å². The predicted octanol–water partition coefficient (Wildman–Crippen LogP) is 2.12. The van der Waals surface area contributed by atoms with Gasteiger partial charge in [-0.05, 0) is 37.3 Å². The number of hydrogen-bond donors (Lipinski definition) is 1. The molecule has 1 N–H and O–H groups in total. The summed E-state index contributed by atoms with van der Waals surface area (Å²) < 4.78 is 1.31. The monoisotopic (exact) mass is 345 g/mol. The Morgan fingerprint density at radius 3 is 2.73 bits per heavy atom. The average molecular weight is 345 g/mol. The van der Waals surface area contributed by atoms with Gasteiger partial charge in [-0.2, -0.15) is 5.26 Å². The molecule has 0 bridgehead atoms. The Hall–Kier alpha value is -3.79. The Kier molecular flexibility index (Phi) is 4.85. The number of anilines is 1. The number of hydrogen-bond acceptors (Lipinski definition) is 5. The fourth-order valence-corrected chi connectivity index (χ4v) is 2.51. The van der Waals surface area contributed by atoms with Gasteiger partial charge < -0.3 is 5.32 Å². The summed E-state index contributed by atoms with van der Waals surface area (Å²) in [6.45, 7) is 1.53. The van der Waals surface area contributed by atoms with Gasteiger partial charge in [0.15, 0.2) is 0 Å². The fourth-order valence-electron chi connectivity index (χ4n) is 2.51. The van der Waals surface area contributed by atoms with Crippen molar-refractivity contribution >= 4 is 11.6 Å². The molecule has 3 rings (SSSR count). The first-order valence-electron chi connectivity index (χ1n) is 7.86. The van der Waals surface area contributed by atoms with Gasteiger partial charge in [-0.1, -0.05) is 6.07 Å². The van der Waals surface area contributed by atoms with Crippen molar-refractivity contribution in [1.82, 2.24) is 14.5 Å². The van der Waals surface area contributed by atoms with Crippen LogP contribution in [0.25, 0.3) is 11.4 Å². The fraction of sp³-hybridized carbons (Fsp3) is 0.105. The SMILES string of the molecule is Cc1cc(=O)n(CC(=O)Nc2cccc(C#N)c2)c(-c2ccncc2)n1. The van der Waals surface area contributed by atoms with Gasteiger partial charge in [-0.15, -0.1) is 0 Å². The molecular weight excluding hydrogens is 330 g/mol. The molecule has 0 spiro atoms. The Balaban J connectivity index is 1.91. The minimum absolute atomic E-state index is 0.194. The molecule has 0 saturated carbocycles. The molecule has 128 valence electrons. The topological polar surface area (TPSA) is 101 Å². The first-order chi connectivity index (χ1) is 12.6. The highest BCUT2D eigenvalue weighted by molar-refractivity contribution is 5.91. The van der Waals surface area contributed by atoms with Crippen LogP contribution in [0, 0.1) is 18.3 Å². The number of carbonyl (C=O) groups excluding carboxylic acids is 1. The largest absolute Gasteiger partial charge is 0.324 e. The van der Waals surface area contributed by atoms with Gasteiger partial charge in [0.05, 0.1) is 11.6 Å². The molecule has 0 saturated heterocycles. The molecule has 1 aromatic carbocycles. The second-order valence-corrected chi connectivity index (χ2v) is 5.62. The van der Waals surface area contributed by atoms with Crippen LogP contribution in [0.4, 0.5) is 5.69 Å². The van der Waals surface area contributed by atoms with Crippen LogP contribution in [-0.2, 0) is 11.3 Å². The zero-order valence-corrected chi connectivity index (χ0v) is 14.0. The average Bonchev–Trinajstić information content (AvgIpc) is 2.64. The zero-order valence-electron chi connectivity index (χ0n) is 14.0. The van der Waals surface area contributed by atoms with Crippen molar-refractivity contribution in [3.05, 3.63) is 76.5 Å². The number of aromatic nitrogens is 3. The molecule has 0 aliphatic heterocycles. The zero-order chi connectivity index (χ0) is 18.5. The molecule has 2 heterocycles. The lowest BCUT2D eigenvalue weighted by atomic mass is 10.2. The van der Waals surface area contributed by atoms with E-state index >= 15 is 0 Å². The highest BCUT2D eigenvalue weighted by Crippen LogP contribution is 2.15. The third kappa shape index (κ3) is 3.82. The van der Waals surface area contributed by atoms with Crippen LogP contribution in [0.2, 0.25) is 0 Å². The molecule has 0 fully saturated rings. The van der Waals surface area contributed by atoms with Crippen molar-refractivity contribution in [3.63, 3.8) is 0 Å². The number of amides is 1. The maximum absolute atomic E-state index is 12.4. The molecule has 0 aliphatic rings. The Labute approximate surface area is 149 Å². The summed E-state index contributed by atoms with van der Waals surface area (Å²) in [7, 11) is 0. The van der Waals surface area contributed by atoms with Crippen LogP contribution in [-0.4, -0.2) is 20.4 Å². The first-order valence-corrected chi connectivity index (χ1v) is 7.86. The number of nitriles is 1. The summed E-state index contributed by atoms with van der Waals surface area (Å²) >= 11 is 0. The van der Waals surface area contributed by atoms with E-state index in [9.17, 15) is 9.59 Å². The van der Waals surface area contributed by atoms with Crippen molar-refractivity contribution in [2.24, 2.45) is 0 Å². The maximum atomic E-state index is 12.4. The molecule has 7 nitrogen and oxygen atoms in total. The van der Waals surface area contributed by atoms with E-state index in [4.69, 9.17) is 5.26 Å². The predicted molar refractivity (Wildman–Crippen MR) is 96.3 cm³/mol. The van der Waals surface area contributed by atoms with E-state index in [0.29, 0.717) is 28.3 Å². The number of nitrogens with one attached hydrogen (secondary N) is 1. The number of nitrogens with zero attached hydrogens (tertiary/aromatic N) is 4. The molecule has 1 amide bonds. The standard InChI is InChI=1S/C19H15N5O2/c1-13-9-18(26)24(19(22-13)15-5-7-21-8-6-15)12-17(25)23-16-4-2-3-14(10-16)11-20/h2-10H,12H2,1H3,(H,23,25). The lowest BCUT2D eigenvalue weighted by Crippen LogP contribution is -2.29. The second kappa shape index (κ2) is 7.40. The molecule has 0 aliphatic carbocycles. The number of rotatable bonds is 4. The van der Waals surface area contributed by atoms with Crippen LogP contribution < -0.4 is 10.9 Å². The van der Waals surface area contributed by atoms with Crippen molar-refractivity contribution in [2.75, 3.05) is 5.32 Å².